The fraction of sp³-hybridized carbons (Fsp3) is 0. The van der Waals surface area contributed by atoms with E-state index in [0.29, 0.717) is 0 Å². The van der Waals surface area contributed by atoms with Crippen molar-refractivity contribution in [3.63, 3.8) is 0 Å². The average Bonchev–Trinajstić information content (AvgIpc) is 2.19. The molecule has 1 aromatic carbocycles. The molecule has 0 atom stereocenters. The molecule has 0 bridgehead atoms. The third kappa shape index (κ3) is 1.61. The average molecular weight is 210 g/mol. The summed E-state index contributed by atoms with van der Waals surface area (Å²) in [4.78, 5) is 17.8. The summed E-state index contributed by atoms with van der Waals surface area (Å²) in [7, 11) is 0. The molecule has 0 spiro atoms. The number of rotatable bonds is 1. The number of hydrogen-bond acceptors (Lipinski definition) is 3. The summed E-state index contributed by atoms with van der Waals surface area (Å²) in [6.45, 7) is 0. The molecule has 1 heterocycles. The van der Waals surface area contributed by atoms with Gasteiger partial charge in [0.1, 0.15) is 0 Å². The molecular weight excluding hydrogens is 206 g/mol. The molecule has 0 aliphatic rings. The van der Waals surface area contributed by atoms with E-state index in [1.807, 2.05) is 0 Å². The van der Waals surface area contributed by atoms with Crippen LogP contribution in [-0.4, -0.2) is 21.0 Å². The topological polar surface area (TPSA) is 63.1 Å². The maximum absolute atomic E-state index is 12.8. The van der Waals surface area contributed by atoms with E-state index in [0.717, 1.165) is 18.3 Å². The molecule has 0 aliphatic heterocycles. The van der Waals surface area contributed by atoms with Crippen LogP contribution in [0.5, 0.6) is 0 Å². The molecule has 0 saturated carbocycles. The molecule has 15 heavy (non-hydrogen) atoms. The van der Waals surface area contributed by atoms with Gasteiger partial charge in [0.25, 0.3) is 0 Å². The number of carboxylic acid groups (broad SMARTS) is 1. The van der Waals surface area contributed by atoms with Gasteiger partial charge in [-0.25, -0.2) is 18.6 Å². The smallest absolute Gasteiger partial charge is 0.356 e. The predicted molar refractivity (Wildman–Crippen MR) is 46.4 cm³/mol. The van der Waals surface area contributed by atoms with Gasteiger partial charge >= 0.3 is 5.97 Å². The minimum absolute atomic E-state index is 0.00815. The lowest BCUT2D eigenvalue weighted by Gasteiger charge is -1.99. The number of carbonyl (C=O) groups is 1. The van der Waals surface area contributed by atoms with E-state index in [-0.39, 0.29) is 16.7 Å². The van der Waals surface area contributed by atoms with E-state index in [4.69, 9.17) is 5.11 Å². The summed E-state index contributed by atoms with van der Waals surface area (Å²) in [6.07, 6.45) is 0.988. The number of benzene rings is 1. The lowest BCUT2D eigenvalue weighted by Crippen LogP contribution is -2.02. The highest BCUT2D eigenvalue weighted by molar-refractivity contribution is 5.87. The summed E-state index contributed by atoms with van der Waals surface area (Å²) in [5.41, 5.74) is -0.193. The van der Waals surface area contributed by atoms with Gasteiger partial charge in [-0.3, -0.25) is 4.98 Å². The van der Waals surface area contributed by atoms with E-state index in [2.05, 4.69) is 9.97 Å². The number of aromatic nitrogens is 2. The lowest BCUT2D eigenvalue weighted by atomic mass is 10.2. The van der Waals surface area contributed by atoms with Crippen LogP contribution in [0.4, 0.5) is 8.78 Å². The zero-order valence-corrected chi connectivity index (χ0v) is 7.24. The van der Waals surface area contributed by atoms with Crippen LogP contribution in [0.25, 0.3) is 11.0 Å². The number of fused-ring (bicyclic) bond motifs is 1. The molecular formula is C9H4F2N2O2. The molecule has 1 N–H and O–H groups in total. The number of halogens is 2. The molecule has 2 aromatic rings. The first-order valence-corrected chi connectivity index (χ1v) is 3.93. The maximum atomic E-state index is 12.8. The van der Waals surface area contributed by atoms with Crippen LogP contribution < -0.4 is 0 Å². The van der Waals surface area contributed by atoms with Crippen molar-refractivity contribution >= 4 is 17.0 Å². The highest BCUT2D eigenvalue weighted by Crippen LogP contribution is 2.14. The molecule has 4 nitrogen and oxygen atoms in total. The van der Waals surface area contributed by atoms with Crippen molar-refractivity contribution in [1.82, 2.24) is 9.97 Å². The van der Waals surface area contributed by atoms with Crippen molar-refractivity contribution in [2.24, 2.45) is 0 Å². The van der Waals surface area contributed by atoms with E-state index < -0.39 is 17.6 Å². The molecule has 0 unspecified atom stereocenters. The minimum Gasteiger partial charge on any atom is -0.476 e. The normalized spacial score (nSPS) is 10.5. The number of hydrogen-bond donors (Lipinski definition) is 1. The summed E-state index contributed by atoms with van der Waals surface area (Å²) in [5.74, 6) is -3.40. The maximum Gasteiger partial charge on any atom is 0.356 e. The van der Waals surface area contributed by atoms with Gasteiger partial charge in [0.15, 0.2) is 17.3 Å². The molecule has 0 saturated heterocycles. The van der Waals surface area contributed by atoms with Gasteiger partial charge in [0.05, 0.1) is 17.2 Å². The van der Waals surface area contributed by atoms with Crippen LogP contribution >= 0.6 is 0 Å². The molecule has 0 radical (unpaired) electrons. The van der Waals surface area contributed by atoms with Gasteiger partial charge in [-0.15, -0.1) is 0 Å². The standard InChI is InChI=1S/C9H4F2N2O2/c10-4-1-6-7(2-5(4)11)13-8(3-12-6)9(14)15/h1-3H,(H,14,15). The first-order chi connectivity index (χ1) is 7.08. The van der Waals surface area contributed by atoms with Gasteiger partial charge in [-0.2, -0.15) is 0 Å². The summed E-state index contributed by atoms with van der Waals surface area (Å²) in [6, 6.07) is 1.67. The zero-order valence-electron chi connectivity index (χ0n) is 7.24. The Balaban J connectivity index is 2.72. The quantitative estimate of drug-likeness (QED) is 0.776. The Kier molecular flexibility index (Phi) is 2.03. The first kappa shape index (κ1) is 9.45. The van der Waals surface area contributed by atoms with Crippen molar-refractivity contribution in [3.8, 4) is 0 Å². The Morgan fingerprint density at radius 1 is 1.20 bits per heavy atom. The van der Waals surface area contributed by atoms with Crippen molar-refractivity contribution in [2.45, 2.75) is 0 Å². The Labute approximate surface area is 82.2 Å². The number of nitrogens with zero attached hydrogens (tertiary/aromatic N) is 2. The highest BCUT2D eigenvalue weighted by atomic mass is 19.2. The van der Waals surface area contributed by atoms with E-state index in [9.17, 15) is 13.6 Å². The molecule has 76 valence electrons. The van der Waals surface area contributed by atoms with Gasteiger partial charge in [-0.1, -0.05) is 0 Å². The van der Waals surface area contributed by atoms with Gasteiger partial charge in [-0.05, 0) is 0 Å². The monoisotopic (exact) mass is 210 g/mol. The third-order valence-electron chi connectivity index (χ3n) is 1.80. The van der Waals surface area contributed by atoms with E-state index >= 15 is 0 Å². The fourth-order valence-corrected chi connectivity index (χ4v) is 1.11. The van der Waals surface area contributed by atoms with Crippen LogP contribution in [-0.2, 0) is 0 Å². The lowest BCUT2D eigenvalue weighted by molar-refractivity contribution is 0.0690. The summed E-state index contributed by atoms with van der Waals surface area (Å²) < 4.78 is 25.5. The van der Waals surface area contributed by atoms with Crippen molar-refractivity contribution in [1.29, 1.82) is 0 Å². The summed E-state index contributed by atoms with van der Waals surface area (Å²) >= 11 is 0. The van der Waals surface area contributed by atoms with Crippen molar-refractivity contribution in [2.75, 3.05) is 0 Å². The molecule has 2 rings (SSSR count). The Hall–Kier alpha value is -2.11. The second kappa shape index (κ2) is 3.23. The van der Waals surface area contributed by atoms with E-state index in [1.54, 1.807) is 0 Å². The van der Waals surface area contributed by atoms with Gasteiger partial charge < -0.3 is 5.11 Å². The number of aromatic carboxylic acids is 1. The van der Waals surface area contributed by atoms with Crippen LogP contribution in [0, 0.1) is 11.6 Å². The van der Waals surface area contributed by atoms with Gasteiger partial charge in [0.2, 0.25) is 0 Å². The summed E-state index contributed by atoms with van der Waals surface area (Å²) in [5, 5.41) is 8.60. The number of carboxylic acids is 1. The Morgan fingerprint density at radius 2 is 1.80 bits per heavy atom. The molecule has 1 aromatic heterocycles. The second-order valence-electron chi connectivity index (χ2n) is 2.82. The SMILES string of the molecule is O=C(O)c1cnc2cc(F)c(F)cc2n1. The zero-order chi connectivity index (χ0) is 11.0. The molecule has 6 heteroatoms. The minimum atomic E-state index is -1.27. The van der Waals surface area contributed by atoms with Crippen LogP contribution in [0.3, 0.4) is 0 Å². The molecule has 0 amide bonds. The fourth-order valence-electron chi connectivity index (χ4n) is 1.11. The third-order valence-corrected chi connectivity index (χ3v) is 1.80. The van der Waals surface area contributed by atoms with Gasteiger partial charge in [0, 0.05) is 12.1 Å². The van der Waals surface area contributed by atoms with Crippen molar-refractivity contribution in [3.05, 3.63) is 35.7 Å². The largest absolute Gasteiger partial charge is 0.476 e. The van der Waals surface area contributed by atoms with Crippen LogP contribution in [0.1, 0.15) is 10.5 Å². The predicted octanol–water partition coefficient (Wildman–Crippen LogP) is 1.61. The Morgan fingerprint density at radius 3 is 2.40 bits per heavy atom. The van der Waals surface area contributed by atoms with Crippen molar-refractivity contribution < 1.29 is 18.7 Å². The second-order valence-corrected chi connectivity index (χ2v) is 2.82. The first-order valence-electron chi connectivity index (χ1n) is 3.93. The van der Waals surface area contributed by atoms with E-state index in [1.165, 1.54) is 0 Å². The highest BCUT2D eigenvalue weighted by Gasteiger charge is 2.09. The van der Waals surface area contributed by atoms with Crippen LogP contribution in [0.2, 0.25) is 0 Å². The Bertz CT molecular complexity index is 557. The molecule has 0 aliphatic carbocycles. The molecule has 0 fully saturated rings. The van der Waals surface area contributed by atoms with Crippen LogP contribution in [0.15, 0.2) is 18.3 Å².